The second-order valence-electron chi connectivity index (χ2n) is 9.69. The molecule has 3 atom stereocenters. The van der Waals surface area contributed by atoms with E-state index < -0.39 is 0 Å². The molecule has 0 radical (unpaired) electrons. The van der Waals surface area contributed by atoms with Crippen molar-refractivity contribution in [2.24, 2.45) is 23.7 Å². The van der Waals surface area contributed by atoms with E-state index in [1.54, 1.807) is 11.1 Å². The van der Waals surface area contributed by atoms with E-state index in [1.165, 1.54) is 43.2 Å². The van der Waals surface area contributed by atoms with E-state index in [4.69, 9.17) is 0 Å². The number of aryl methyl sites for hydroxylation is 2. The summed E-state index contributed by atoms with van der Waals surface area (Å²) >= 11 is 0. The molecule has 1 aromatic rings. The Morgan fingerprint density at radius 1 is 0.926 bits per heavy atom. The second kappa shape index (κ2) is 10.3. The monoisotopic (exact) mass is 366 g/mol. The molecule has 3 unspecified atom stereocenters. The van der Waals surface area contributed by atoms with E-state index in [0.717, 1.165) is 23.7 Å². The highest BCUT2D eigenvalue weighted by atomic mass is 14.3. The summed E-state index contributed by atoms with van der Waals surface area (Å²) in [6.45, 7) is 16.6. The molecule has 0 aliphatic heterocycles. The Labute approximate surface area is 169 Å². The predicted molar refractivity (Wildman–Crippen MR) is 121 cm³/mol. The fraction of sp³-hybridized carbons (Fsp3) is 0.630. The van der Waals surface area contributed by atoms with Gasteiger partial charge < -0.3 is 0 Å². The molecule has 0 heterocycles. The van der Waals surface area contributed by atoms with Crippen molar-refractivity contribution < 1.29 is 0 Å². The third-order valence-corrected chi connectivity index (χ3v) is 6.48. The lowest BCUT2D eigenvalue weighted by atomic mass is 9.74. The van der Waals surface area contributed by atoms with Gasteiger partial charge >= 0.3 is 0 Å². The fourth-order valence-electron chi connectivity index (χ4n) is 4.88. The molecule has 0 saturated carbocycles. The quantitative estimate of drug-likeness (QED) is 0.411. The van der Waals surface area contributed by atoms with Crippen molar-refractivity contribution in [3.63, 3.8) is 0 Å². The van der Waals surface area contributed by atoms with Crippen LogP contribution in [0.25, 0.3) is 0 Å². The van der Waals surface area contributed by atoms with Crippen LogP contribution in [0.15, 0.2) is 42.0 Å². The van der Waals surface area contributed by atoms with E-state index in [9.17, 15) is 0 Å². The van der Waals surface area contributed by atoms with Crippen LogP contribution in [0.4, 0.5) is 0 Å². The molecule has 0 amide bonds. The largest absolute Gasteiger partial charge is 0.0839 e. The Kier molecular flexibility index (Phi) is 8.39. The second-order valence-corrected chi connectivity index (χ2v) is 9.69. The first kappa shape index (κ1) is 22.0. The number of allylic oxidation sites excluding steroid dienone is 4. The summed E-state index contributed by atoms with van der Waals surface area (Å²) in [4.78, 5) is 0. The molecule has 0 saturated heterocycles. The molecule has 1 aliphatic rings. The van der Waals surface area contributed by atoms with Crippen LogP contribution in [0, 0.1) is 37.5 Å². The van der Waals surface area contributed by atoms with E-state index in [2.05, 4.69) is 84.9 Å². The topological polar surface area (TPSA) is 0 Å². The highest BCUT2D eigenvalue weighted by molar-refractivity contribution is 5.42. The summed E-state index contributed by atoms with van der Waals surface area (Å²) in [6.07, 6.45) is 13.6. The predicted octanol–water partition coefficient (Wildman–Crippen LogP) is 8.40. The lowest BCUT2D eigenvalue weighted by molar-refractivity contribution is 0.213. The molecule has 0 aromatic heterocycles. The van der Waals surface area contributed by atoms with Gasteiger partial charge in [0.25, 0.3) is 0 Å². The van der Waals surface area contributed by atoms with Crippen molar-refractivity contribution in [3.8, 4) is 0 Å². The first-order chi connectivity index (χ1) is 12.8. The molecule has 0 nitrogen and oxygen atoms in total. The van der Waals surface area contributed by atoms with Crippen molar-refractivity contribution in [2.75, 3.05) is 0 Å². The Morgan fingerprint density at radius 2 is 1.67 bits per heavy atom. The van der Waals surface area contributed by atoms with Crippen LogP contribution in [0.3, 0.4) is 0 Å². The van der Waals surface area contributed by atoms with Gasteiger partial charge in [0.2, 0.25) is 0 Å². The average Bonchev–Trinajstić information content (AvgIpc) is 2.63. The van der Waals surface area contributed by atoms with Gasteiger partial charge in [-0.3, -0.25) is 0 Å². The maximum atomic E-state index is 2.50. The van der Waals surface area contributed by atoms with Crippen molar-refractivity contribution in [1.82, 2.24) is 0 Å². The molecule has 0 heteroatoms. The van der Waals surface area contributed by atoms with Crippen LogP contribution in [-0.2, 0) is 0 Å². The van der Waals surface area contributed by atoms with Crippen molar-refractivity contribution >= 4 is 0 Å². The van der Waals surface area contributed by atoms with Crippen molar-refractivity contribution in [2.45, 2.75) is 86.5 Å². The van der Waals surface area contributed by atoms with Gasteiger partial charge in [-0.15, -0.1) is 0 Å². The number of hydrogen-bond donors (Lipinski definition) is 0. The van der Waals surface area contributed by atoms with Crippen LogP contribution < -0.4 is 0 Å². The normalized spacial score (nSPS) is 17.9. The van der Waals surface area contributed by atoms with Crippen LogP contribution in [0.1, 0.15) is 89.3 Å². The fourth-order valence-corrected chi connectivity index (χ4v) is 4.88. The average molecular weight is 367 g/mol. The van der Waals surface area contributed by atoms with Gasteiger partial charge in [-0.1, -0.05) is 76.6 Å². The number of rotatable bonds is 9. The minimum absolute atomic E-state index is 0.552. The van der Waals surface area contributed by atoms with Gasteiger partial charge in [0.15, 0.2) is 0 Å². The molecule has 27 heavy (non-hydrogen) atoms. The van der Waals surface area contributed by atoms with Gasteiger partial charge in [-0.2, -0.15) is 0 Å². The highest BCUT2D eigenvalue weighted by Gasteiger charge is 2.25. The van der Waals surface area contributed by atoms with Crippen LogP contribution in [-0.4, -0.2) is 0 Å². The van der Waals surface area contributed by atoms with Crippen LogP contribution in [0.5, 0.6) is 0 Å². The molecule has 0 N–H and O–H groups in total. The molecule has 2 rings (SSSR count). The van der Waals surface area contributed by atoms with E-state index in [-0.39, 0.29) is 0 Å². The Morgan fingerprint density at radius 3 is 2.26 bits per heavy atom. The summed E-state index contributed by atoms with van der Waals surface area (Å²) in [7, 11) is 0. The van der Waals surface area contributed by atoms with Crippen molar-refractivity contribution in [3.05, 3.63) is 58.7 Å². The third-order valence-electron chi connectivity index (χ3n) is 6.48. The Balaban J connectivity index is 2.21. The first-order valence-electron chi connectivity index (χ1n) is 11.2. The molecular weight excluding hydrogens is 324 g/mol. The Hall–Kier alpha value is -1.30. The standard InChI is InChI=1S/C27H42/c1-19(2)17-26(20(3)4)22(6)15-16-25(24-11-9-8-10-12-24)27-18-21(5)13-14-23(27)7/h9,11-14,18-20,22,25-26H,8,10,15-17H2,1-7H3. The molecule has 0 bridgehead atoms. The molecule has 150 valence electrons. The summed E-state index contributed by atoms with van der Waals surface area (Å²) in [6, 6.07) is 6.99. The summed E-state index contributed by atoms with van der Waals surface area (Å²) < 4.78 is 0. The molecule has 0 spiro atoms. The maximum absolute atomic E-state index is 2.50. The number of hydrogen-bond acceptors (Lipinski definition) is 0. The summed E-state index contributed by atoms with van der Waals surface area (Å²) in [5, 5.41) is 0. The lowest BCUT2D eigenvalue weighted by Gasteiger charge is -2.31. The molecular formula is C27H42. The smallest absolute Gasteiger partial charge is 0.00888 e. The minimum Gasteiger partial charge on any atom is -0.0839 e. The van der Waals surface area contributed by atoms with Gasteiger partial charge in [0.05, 0.1) is 0 Å². The van der Waals surface area contributed by atoms with Gasteiger partial charge in [0.1, 0.15) is 0 Å². The first-order valence-corrected chi connectivity index (χ1v) is 11.2. The molecule has 0 fully saturated rings. The van der Waals surface area contributed by atoms with Crippen LogP contribution in [0.2, 0.25) is 0 Å². The zero-order chi connectivity index (χ0) is 20.0. The Bertz CT molecular complexity index is 644. The summed E-state index contributed by atoms with van der Waals surface area (Å²) in [5.74, 6) is 3.73. The van der Waals surface area contributed by atoms with Crippen LogP contribution >= 0.6 is 0 Å². The highest BCUT2D eigenvalue weighted by Crippen LogP contribution is 2.38. The molecule has 1 aromatic carbocycles. The maximum Gasteiger partial charge on any atom is 0.00888 e. The number of benzene rings is 1. The van der Waals surface area contributed by atoms with E-state index in [1.807, 2.05) is 0 Å². The van der Waals surface area contributed by atoms with Gasteiger partial charge in [0, 0.05) is 5.92 Å². The third kappa shape index (κ3) is 6.37. The van der Waals surface area contributed by atoms with E-state index >= 15 is 0 Å². The molecule has 1 aliphatic carbocycles. The van der Waals surface area contributed by atoms with E-state index in [0.29, 0.717) is 5.92 Å². The zero-order valence-electron chi connectivity index (χ0n) is 18.9. The van der Waals surface area contributed by atoms with Gasteiger partial charge in [-0.25, -0.2) is 0 Å². The SMILES string of the molecule is Cc1ccc(C)c(C(CCC(C)C(CC(C)C)C(C)C)C2=CCCC=C2)c1. The van der Waals surface area contributed by atoms with Crippen molar-refractivity contribution in [1.29, 1.82) is 0 Å². The lowest BCUT2D eigenvalue weighted by Crippen LogP contribution is -2.21. The summed E-state index contributed by atoms with van der Waals surface area (Å²) in [5.41, 5.74) is 5.92. The zero-order valence-corrected chi connectivity index (χ0v) is 18.9. The minimum atomic E-state index is 0.552. The van der Waals surface area contributed by atoms with Gasteiger partial charge in [-0.05, 0) is 86.3 Å².